The summed E-state index contributed by atoms with van der Waals surface area (Å²) in [5.74, 6) is -0.386. The van der Waals surface area contributed by atoms with E-state index in [4.69, 9.17) is 9.47 Å². The Bertz CT molecular complexity index is 509. The highest BCUT2D eigenvalue weighted by molar-refractivity contribution is 5.85. The lowest BCUT2D eigenvalue weighted by Gasteiger charge is -2.09. The Labute approximate surface area is 124 Å². The number of allylic oxidation sites excluding steroid dienone is 1. The van der Waals surface area contributed by atoms with Crippen LogP contribution in [-0.2, 0) is 14.3 Å². The predicted molar refractivity (Wildman–Crippen MR) is 81.1 cm³/mol. The van der Waals surface area contributed by atoms with Gasteiger partial charge in [0.2, 0.25) is 0 Å². The molecule has 0 aliphatic rings. The number of anilines is 2. The molecule has 2 N–H and O–H groups in total. The number of hydrogen-bond donors (Lipinski definition) is 2. The van der Waals surface area contributed by atoms with Gasteiger partial charge in [-0.3, -0.25) is 5.32 Å². The molecule has 0 saturated heterocycles. The normalized spacial score (nSPS) is 10.7. The smallest absolute Gasteiger partial charge is 0.411 e. The molecule has 0 unspecified atom stereocenters. The van der Waals surface area contributed by atoms with Gasteiger partial charge in [-0.15, -0.1) is 0 Å². The minimum absolute atomic E-state index is 0.323. The average molecular weight is 292 g/mol. The Kier molecular flexibility index (Phi) is 6.80. The van der Waals surface area contributed by atoms with Crippen molar-refractivity contribution in [2.75, 3.05) is 23.8 Å². The fourth-order valence-corrected chi connectivity index (χ4v) is 1.55. The van der Waals surface area contributed by atoms with E-state index >= 15 is 0 Å². The lowest BCUT2D eigenvalue weighted by atomic mass is 10.2. The molecule has 6 nitrogen and oxygen atoms in total. The van der Waals surface area contributed by atoms with Gasteiger partial charge in [0.25, 0.3) is 0 Å². The van der Waals surface area contributed by atoms with Crippen molar-refractivity contribution in [3.05, 3.63) is 36.0 Å². The summed E-state index contributed by atoms with van der Waals surface area (Å²) in [6.07, 6.45) is 0.894. The molecule has 114 valence electrons. The first-order valence-corrected chi connectivity index (χ1v) is 6.71. The van der Waals surface area contributed by atoms with Crippen LogP contribution in [0.5, 0.6) is 0 Å². The van der Waals surface area contributed by atoms with Gasteiger partial charge in [-0.1, -0.05) is 0 Å². The number of ether oxygens (including phenoxy) is 2. The molecule has 0 aliphatic heterocycles. The molecule has 0 aliphatic carbocycles. The molecule has 0 atom stereocenters. The van der Waals surface area contributed by atoms with Crippen LogP contribution in [-0.4, -0.2) is 25.3 Å². The molecule has 0 radical (unpaired) electrons. The van der Waals surface area contributed by atoms with Gasteiger partial charge in [0, 0.05) is 23.1 Å². The monoisotopic (exact) mass is 292 g/mol. The van der Waals surface area contributed by atoms with Crippen LogP contribution in [0.15, 0.2) is 36.0 Å². The molecule has 0 heterocycles. The Morgan fingerprint density at radius 1 is 1.00 bits per heavy atom. The van der Waals surface area contributed by atoms with Crippen molar-refractivity contribution in [1.29, 1.82) is 0 Å². The van der Waals surface area contributed by atoms with Crippen molar-refractivity contribution < 1.29 is 19.1 Å². The first kappa shape index (κ1) is 16.6. The highest BCUT2D eigenvalue weighted by Gasteiger charge is 2.02. The number of carbonyl (C=O) groups excluding carboxylic acids is 2. The number of hydrogen-bond acceptors (Lipinski definition) is 5. The molecule has 0 fully saturated rings. The maximum atomic E-state index is 11.3. The molecule has 1 rings (SSSR count). The predicted octanol–water partition coefficient (Wildman–Crippen LogP) is 3.13. The first-order valence-electron chi connectivity index (χ1n) is 6.71. The molecule has 1 aromatic rings. The highest BCUT2D eigenvalue weighted by atomic mass is 16.5. The van der Waals surface area contributed by atoms with Crippen LogP contribution in [0.4, 0.5) is 16.2 Å². The Balaban J connectivity index is 2.58. The average Bonchev–Trinajstić information content (AvgIpc) is 2.41. The number of nitrogens with one attached hydrogen (secondary N) is 2. The van der Waals surface area contributed by atoms with E-state index in [0.717, 1.165) is 5.69 Å². The molecule has 0 saturated carbocycles. The van der Waals surface area contributed by atoms with Crippen LogP contribution in [0.3, 0.4) is 0 Å². The third kappa shape index (κ3) is 6.47. The second-order valence-corrected chi connectivity index (χ2v) is 4.13. The van der Waals surface area contributed by atoms with Gasteiger partial charge in [-0.2, -0.15) is 0 Å². The zero-order valence-corrected chi connectivity index (χ0v) is 12.4. The Morgan fingerprint density at radius 3 is 2.05 bits per heavy atom. The van der Waals surface area contributed by atoms with Gasteiger partial charge >= 0.3 is 12.1 Å². The summed E-state index contributed by atoms with van der Waals surface area (Å²) in [6, 6.07) is 7.03. The summed E-state index contributed by atoms with van der Waals surface area (Å²) < 4.78 is 9.60. The Morgan fingerprint density at radius 2 is 1.52 bits per heavy atom. The molecule has 1 amide bonds. The molecule has 1 aromatic carbocycles. The second-order valence-electron chi connectivity index (χ2n) is 4.13. The first-order chi connectivity index (χ1) is 10.0. The fourth-order valence-electron chi connectivity index (χ4n) is 1.55. The Hall–Kier alpha value is -2.50. The second kappa shape index (κ2) is 8.63. The molecule has 0 bridgehead atoms. The summed E-state index contributed by atoms with van der Waals surface area (Å²) in [6.45, 7) is 5.93. The molecular formula is C15H20N2O4. The van der Waals surface area contributed by atoms with Crippen molar-refractivity contribution in [2.45, 2.75) is 20.8 Å². The van der Waals surface area contributed by atoms with E-state index in [1.807, 2.05) is 0 Å². The zero-order valence-electron chi connectivity index (χ0n) is 12.4. The molecule has 6 heteroatoms. The quantitative estimate of drug-likeness (QED) is 0.622. The van der Waals surface area contributed by atoms with Crippen molar-refractivity contribution in [3.8, 4) is 0 Å². The summed E-state index contributed by atoms with van der Waals surface area (Å²) in [5, 5.41) is 5.65. The van der Waals surface area contributed by atoms with E-state index in [2.05, 4.69) is 10.6 Å². The van der Waals surface area contributed by atoms with E-state index < -0.39 is 6.09 Å². The standard InChI is InChI=1S/C15H20N2O4/c1-4-20-14(18)10-11(3)16-12-6-8-13(9-7-12)17-15(19)21-5-2/h6-10,16H,4-5H2,1-3H3,(H,17,19). The van der Waals surface area contributed by atoms with Crippen molar-refractivity contribution in [2.24, 2.45) is 0 Å². The summed E-state index contributed by atoms with van der Waals surface area (Å²) in [5.41, 5.74) is 2.09. The van der Waals surface area contributed by atoms with E-state index in [1.54, 1.807) is 45.0 Å². The van der Waals surface area contributed by atoms with E-state index in [-0.39, 0.29) is 5.97 Å². The van der Waals surface area contributed by atoms with Gasteiger partial charge < -0.3 is 14.8 Å². The van der Waals surface area contributed by atoms with Crippen LogP contribution in [0.2, 0.25) is 0 Å². The third-order valence-electron chi connectivity index (χ3n) is 2.37. The van der Waals surface area contributed by atoms with Gasteiger partial charge in [0.05, 0.1) is 13.2 Å². The van der Waals surface area contributed by atoms with Gasteiger partial charge in [-0.25, -0.2) is 9.59 Å². The number of amides is 1. The maximum absolute atomic E-state index is 11.3. The molecular weight excluding hydrogens is 272 g/mol. The minimum Gasteiger partial charge on any atom is -0.463 e. The lowest BCUT2D eigenvalue weighted by Crippen LogP contribution is -2.13. The fraction of sp³-hybridized carbons (Fsp3) is 0.333. The lowest BCUT2D eigenvalue weighted by molar-refractivity contribution is -0.137. The summed E-state index contributed by atoms with van der Waals surface area (Å²) in [7, 11) is 0. The summed E-state index contributed by atoms with van der Waals surface area (Å²) in [4.78, 5) is 22.5. The van der Waals surface area contributed by atoms with Gasteiger partial charge in [0.1, 0.15) is 0 Å². The van der Waals surface area contributed by atoms with Crippen LogP contribution >= 0.6 is 0 Å². The van der Waals surface area contributed by atoms with E-state index in [9.17, 15) is 9.59 Å². The van der Waals surface area contributed by atoms with Gasteiger partial charge in [0.15, 0.2) is 0 Å². The SMILES string of the molecule is CCOC(=O)C=C(C)Nc1ccc(NC(=O)OCC)cc1. The molecule has 0 spiro atoms. The number of carbonyl (C=O) groups is 2. The van der Waals surface area contributed by atoms with Crippen molar-refractivity contribution in [1.82, 2.24) is 0 Å². The van der Waals surface area contributed by atoms with Crippen LogP contribution in [0.1, 0.15) is 20.8 Å². The number of rotatable bonds is 6. The number of benzene rings is 1. The maximum Gasteiger partial charge on any atom is 0.411 e. The summed E-state index contributed by atoms with van der Waals surface area (Å²) >= 11 is 0. The number of esters is 1. The minimum atomic E-state index is -0.489. The van der Waals surface area contributed by atoms with Crippen LogP contribution < -0.4 is 10.6 Å². The topological polar surface area (TPSA) is 76.7 Å². The van der Waals surface area contributed by atoms with Crippen LogP contribution in [0.25, 0.3) is 0 Å². The largest absolute Gasteiger partial charge is 0.463 e. The van der Waals surface area contributed by atoms with E-state index in [1.165, 1.54) is 6.08 Å². The van der Waals surface area contributed by atoms with E-state index in [0.29, 0.717) is 24.6 Å². The zero-order chi connectivity index (χ0) is 15.7. The third-order valence-corrected chi connectivity index (χ3v) is 2.37. The molecule has 0 aromatic heterocycles. The van der Waals surface area contributed by atoms with Gasteiger partial charge in [-0.05, 0) is 45.0 Å². The molecule has 21 heavy (non-hydrogen) atoms. The van der Waals surface area contributed by atoms with Crippen molar-refractivity contribution >= 4 is 23.4 Å². The van der Waals surface area contributed by atoms with Crippen LogP contribution in [0, 0.1) is 0 Å². The highest BCUT2D eigenvalue weighted by Crippen LogP contribution is 2.15. The van der Waals surface area contributed by atoms with Crippen molar-refractivity contribution in [3.63, 3.8) is 0 Å².